The van der Waals surface area contributed by atoms with Crippen LogP contribution in [0.2, 0.25) is 0 Å². The van der Waals surface area contributed by atoms with Gasteiger partial charge in [-0.15, -0.1) is 0 Å². The van der Waals surface area contributed by atoms with Gasteiger partial charge in [0.2, 0.25) is 0 Å². The van der Waals surface area contributed by atoms with Gasteiger partial charge in [0, 0.05) is 12.4 Å². The molecule has 0 bridgehead atoms. The maximum Gasteiger partial charge on any atom is 0.121 e. The highest BCUT2D eigenvalue weighted by Gasteiger charge is 2.39. The van der Waals surface area contributed by atoms with Crippen LogP contribution in [-0.4, -0.2) is 9.55 Å². The molecule has 2 heteroatoms. The van der Waals surface area contributed by atoms with Gasteiger partial charge in [0.25, 0.3) is 0 Å². The second-order valence-electron chi connectivity index (χ2n) is 6.15. The average Bonchev–Trinajstić information content (AvgIpc) is 3.26. The van der Waals surface area contributed by atoms with Crippen LogP contribution in [0, 0.1) is 0 Å². The zero-order chi connectivity index (χ0) is 20.2. The van der Waals surface area contributed by atoms with E-state index in [1.807, 2.05) is 62.9 Å². The first-order valence-electron chi connectivity index (χ1n) is 9.38. The molecule has 0 aliphatic rings. The van der Waals surface area contributed by atoms with Crippen molar-refractivity contribution in [1.82, 2.24) is 9.55 Å². The number of hydrogen-bond acceptors (Lipinski definition) is 1. The molecule has 0 saturated heterocycles. The summed E-state index contributed by atoms with van der Waals surface area (Å²) in [6.07, 6.45) is 25.8. The maximum atomic E-state index is 4.36. The van der Waals surface area contributed by atoms with Crippen LogP contribution in [0.5, 0.6) is 0 Å². The van der Waals surface area contributed by atoms with E-state index < -0.39 is 5.54 Å². The van der Waals surface area contributed by atoms with Gasteiger partial charge in [0.15, 0.2) is 0 Å². The molecule has 0 aliphatic heterocycles. The van der Waals surface area contributed by atoms with E-state index in [0.29, 0.717) is 0 Å². The quantitative estimate of drug-likeness (QED) is 0.458. The molecule has 2 aromatic rings. The van der Waals surface area contributed by atoms with E-state index in [0.717, 1.165) is 16.7 Å². The molecule has 0 spiro atoms. The van der Waals surface area contributed by atoms with Crippen molar-refractivity contribution in [2.75, 3.05) is 0 Å². The molecule has 1 heterocycles. The van der Waals surface area contributed by atoms with Crippen molar-refractivity contribution >= 4 is 0 Å². The molecule has 0 saturated carbocycles. The lowest BCUT2D eigenvalue weighted by Crippen LogP contribution is -2.37. The molecule has 1 atom stereocenters. The summed E-state index contributed by atoms with van der Waals surface area (Å²) in [6.45, 7) is 11.8. The Morgan fingerprint density at radius 3 is 2.25 bits per heavy atom. The molecule has 142 valence electrons. The highest BCUT2D eigenvalue weighted by Crippen LogP contribution is 2.42. The van der Waals surface area contributed by atoms with Crippen molar-refractivity contribution in [3.8, 4) is 0 Å². The largest absolute Gasteiger partial charge is 0.319 e. The standard InChI is InChI=1S/C26H28N2/c1-5-9-16-23(14-7-3)26(28-21-20-27-22-28,25-18-12-11-13-19-25)24(15-8-4)17-10-6-2/h5-22H,1,3H2,2,4H3/b10-6-,15-8-,16-9-,23-14+,24-17+. The van der Waals surface area contributed by atoms with Crippen LogP contribution < -0.4 is 0 Å². The molecular weight excluding hydrogens is 340 g/mol. The average molecular weight is 369 g/mol. The lowest BCUT2D eigenvalue weighted by molar-refractivity contribution is 0.512. The van der Waals surface area contributed by atoms with Gasteiger partial charge in [-0.3, -0.25) is 0 Å². The summed E-state index contributed by atoms with van der Waals surface area (Å²) in [6, 6.07) is 10.4. The van der Waals surface area contributed by atoms with Crippen LogP contribution in [0.1, 0.15) is 19.4 Å². The first-order chi connectivity index (χ1) is 13.7. The van der Waals surface area contributed by atoms with Crippen LogP contribution in [0.4, 0.5) is 0 Å². The highest BCUT2D eigenvalue weighted by molar-refractivity contribution is 5.56. The third-order valence-electron chi connectivity index (χ3n) is 4.44. The van der Waals surface area contributed by atoms with E-state index in [1.54, 1.807) is 6.08 Å². The Morgan fingerprint density at radius 2 is 1.68 bits per heavy atom. The summed E-state index contributed by atoms with van der Waals surface area (Å²) < 4.78 is 2.14. The lowest BCUT2D eigenvalue weighted by atomic mass is 9.74. The Bertz CT molecular complexity index is 903. The molecule has 1 unspecified atom stereocenters. The molecular formula is C26H28N2. The smallest absolute Gasteiger partial charge is 0.121 e. The minimum Gasteiger partial charge on any atom is -0.319 e. The summed E-state index contributed by atoms with van der Waals surface area (Å²) in [7, 11) is 0. The maximum absolute atomic E-state index is 4.36. The van der Waals surface area contributed by atoms with E-state index >= 15 is 0 Å². The van der Waals surface area contributed by atoms with E-state index in [2.05, 4.69) is 77.4 Å². The van der Waals surface area contributed by atoms with Gasteiger partial charge in [-0.2, -0.15) is 0 Å². The minimum absolute atomic E-state index is 0.614. The molecule has 0 fully saturated rings. The first kappa shape index (κ1) is 20.9. The monoisotopic (exact) mass is 368 g/mol. The molecule has 0 radical (unpaired) electrons. The first-order valence-corrected chi connectivity index (χ1v) is 9.38. The van der Waals surface area contributed by atoms with Gasteiger partial charge in [-0.05, 0) is 30.6 Å². The summed E-state index contributed by atoms with van der Waals surface area (Å²) in [5.41, 5.74) is 2.68. The van der Waals surface area contributed by atoms with Gasteiger partial charge in [0.1, 0.15) is 5.54 Å². The van der Waals surface area contributed by atoms with Crippen molar-refractivity contribution in [2.45, 2.75) is 19.4 Å². The number of nitrogens with zero attached hydrogens (tertiary/aromatic N) is 2. The SMILES string of the molecule is C=C/C=C\C(=C/C=C)C(C(/C=C\C)=C/C=C\C)(c1ccccc1)n1ccnc1. The van der Waals surface area contributed by atoms with Crippen LogP contribution in [0.25, 0.3) is 0 Å². The Morgan fingerprint density at radius 1 is 0.929 bits per heavy atom. The number of benzene rings is 1. The third kappa shape index (κ3) is 4.29. The molecule has 0 aliphatic carbocycles. The fraction of sp³-hybridized carbons (Fsp3) is 0.115. The fourth-order valence-electron chi connectivity index (χ4n) is 3.36. The predicted molar refractivity (Wildman–Crippen MR) is 121 cm³/mol. The number of allylic oxidation sites excluding steroid dienone is 12. The van der Waals surface area contributed by atoms with Crippen LogP contribution >= 0.6 is 0 Å². The molecule has 1 aromatic heterocycles. The second kappa shape index (κ2) is 10.7. The minimum atomic E-state index is -0.614. The molecule has 0 N–H and O–H groups in total. The van der Waals surface area contributed by atoms with Crippen molar-refractivity contribution in [3.05, 3.63) is 140 Å². The highest BCUT2D eigenvalue weighted by atomic mass is 15.1. The van der Waals surface area contributed by atoms with Crippen LogP contribution in [-0.2, 0) is 5.54 Å². The predicted octanol–water partition coefficient (Wildman–Crippen LogP) is 6.56. The zero-order valence-electron chi connectivity index (χ0n) is 16.7. The van der Waals surface area contributed by atoms with Gasteiger partial charge in [-0.25, -0.2) is 4.98 Å². The Labute approximate surface area is 169 Å². The summed E-state index contributed by atoms with van der Waals surface area (Å²) in [5, 5.41) is 0. The van der Waals surface area contributed by atoms with Gasteiger partial charge < -0.3 is 4.57 Å². The number of rotatable bonds is 9. The van der Waals surface area contributed by atoms with Gasteiger partial charge in [0.05, 0.1) is 6.33 Å². The van der Waals surface area contributed by atoms with E-state index in [9.17, 15) is 0 Å². The summed E-state index contributed by atoms with van der Waals surface area (Å²) >= 11 is 0. The van der Waals surface area contributed by atoms with E-state index in [4.69, 9.17) is 0 Å². The van der Waals surface area contributed by atoms with Crippen LogP contribution in [0.3, 0.4) is 0 Å². The molecule has 1 aromatic carbocycles. The van der Waals surface area contributed by atoms with Gasteiger partial charge in [-0.1, -0.05) is 104 Å². The van der Waals surface area contributed by atoms with Gasteiger partial charge >= 0.3 is 0 Å². The Hall–Kier alpha value is -3.39. The lowest BCUT2D eigenvalue weighted by Gasteiger charge is -2.39. The zero-order valence-corrected chi connectivity index (χ0v) is 16.7. The van der Waals surface area contributed by atoms with E-state index in [-0.39, 0.29) is 0 Å². The number of aromatic nitrogens is 2. The topological polar surface area (TPSA) is 17.8 Å². The van der Waals surface area contributed by atoms with Crippen molar-refractivity contribution in [1.29, 1.82) is 0 Å². The van der Waals surface area contributed by atoms with Crippen molar-refractivity contribution < 1.29 is 0 Å². The van der Waals surface area contributed by atoms with Crippen LogP contribution in [0.15, 0.2) is 134 Å². The fourth-order valence-corrected chi connectivity index (χ4v) is 3.36. The third-order valence-corrected chi connectivity index (χ3v) is 4.44. The number of hydrogen-bond donors (Lipinski definition) is 0. The number of imidazole rings is 1. The molecule has 28 heavy (non-hydrogen) atoms. The molecule has 2 nitrogen and oxygen atoms in total. The molecule has 0 amide bonds. The normalized spacial score (nSPS) is 15.4. The summed E-state index contributed by atoms with van der Waals surface area (Å²) in [4.78, 5) is 4.36. The Balaban J connectivity index is 3.03. The van der Waals surface area contributed by atoms with Crippen molar-refractivity contribution in [3.63, 3.8) is 0 Å². The second-order valence-corrected chi connectivity index (χ2v) is 6.15. The summed E-state index contributed by atoms with van der Waals surface area (Å²) in [5.74, 6) is 0. The Kier molecular flexibility index (Phi) is 7.98. The molecule has 2 rings (SSSR count). The van der Waals surface area contributed by atoms with Crippen molar-refractivity contribution in [2.24, 2.45) is 0 Å². The van der Waals surface area contributed by atoms with E-state index in [1.165, 1.54) is 0 Å².